The van der Waals surface area contributed by atoms with Gasteiger partial charge in [-0.25, -0.2) is 4.79 Å². The summed E-state index contributed by atoms with van der Waals surface area (Å²) in [6.07, 6.45) is 1.55. The molecule has 0 saturated heterocycles. The highest BCUT2D eigenvalue weighted by molar-refractivity contribution is 6.03. The lowest BCUT2D eigenvalue weighted by atomic mass is 10.1. The zero-order valence-electron chi connectivity index (χ0n) is 13.2. The molecule has 3 rings (SSSR count). The molecule has 122 valence electrons. The predicted octanol–water partition coefficient (Wildman–Crippen LogP) is 3.42. The summed E-state index contributed by atoms with van der Waals surface area (Å²) in [4.78, 5) is 18.8. The number of hydrogen-bond acceptors (Lipinski definition) is 5. The van der Waals surface area contributed by atoms with E-state index in [1.807, 2.05) is 12.1 Å². The van der Waals surface area contributed by atoms with E-state index in [0.29, 0.717) is 22.6 Å². The summed E-state index contributed by atoms with van der Waals surface area (Å²) in [6.45, 7) is 0. The summed E-state index contributed by atoms with van der Waals surface area (Å²) in [5, 5.41) is 10.9. The number of ether oxygens (including phenoxy) is 2. The molecule has 0 aliphatic heterocycles. The molecule has 0 saturated carbocycles. The second-order valence-corrected chi connectivity index (χ2v) is 5.10. The molecular formula is C18H16N2O4. The maximum atomic E-state index is 11.6. The molecule has 0 amide bonds. The highest BCUT2D eigenvalue weighted by Crippen LogP contribution is 2.29. The first kappa shape index (κ1) is 15.6. The molecule has 1 aromatic heterocycles. The van der Waals surface area contributed by atoms with Gasteiger partial charge in [0.15, 0.2) is 5.88 Å². The van der Waals surface area contributed by atoms with Gasteiger partial charge >= 0.3 is 5.97 Å². The molecule has 3 aromatic rings. The number of methoxy groups -OCH3 is 2. The molecule has 0 spiro atoms. The Morgan fingerprint density at radius 3 is 2.79 bits per heavy atom. The summed E-state index contributed by atoms with van der Waals surface area (Å²) in [6, 6.07) is 12.2. The lowest BCUT2D eigenvalue weighted by Crippen LogP contribution is -1.99. The summed E-state index contributed by atoms with van der Waals surface area (Å²) in [5.41, 5.74) is 2.32. The number of aromatic amines is 1. The first-order valence-corrected chi connectivity index (χ1v) is 7.23. The molecule has 1 heterocycles. The minimum atomic E-state index is -0.424. The van der Waals surface area contributed by atoms with Crippen LogP contribution in [0.4, 0.5) is 5.69 Å². The van der Waals surface area contributed by atoms with Crippen molar-refractivity contribution in [3.05, 3.63) is 53.6 Å². The number of aromatic nitrogens is 1. The number of aliphatic imine (C=N–C) groups is 1. The Morgan fingerprint density at radius 1 is 1.21 bits per heavy atom. The third kappa shape index (κ3) is 2.94. The SMILES string of the molecule is COC(=O)c1cccc(N=Cc2c(O)[nH]c3ccc(OC)cc23)c1. The van der Waals surface area contributed by atoms with Crippen LogP contribution < -0.4 is 4.74 Å². The highest BCUT2D eigenvalue weighted by Gasteiger charge is 2.10. The maximum Gasteiger partial charge on any atom is 0.337 e. The maximum absolute atomic E-state index is 11.6. The van der Waals surface area contributed by atoms with Crippen molar-refractivity contribution < 1.29 is 19.4 Å². The molecule has 0 fully saturated rings. The molecule has 2 N–H and O–H groups in total. The van der Waals surface area contributed by atoms with Crippen LogP contribution in [-0.4, -0.2) is 36.5 Å². The van der Waals surface area contributed by atoms with Crippen LogP contribution in [0.5, 0.6) is 11.6 Å². The van der Waals surface area contributed by atoms with Crippen LogP contribution in [0.25, 0.3) is 10.9 Å². The number of aromatic hydroxyl groups is 1. The Kier molecular flexibility index (Phi) is 4.20. The molecule has 0 bridgehead atoms. The van der Waals surface area contributed by atoms with Crippen molar-refractivity contribution in [2.24, 2.45) is 4.99 Å². The van der Waals surface area contributed by atoms with Crippen LogP contribution in [-0.2, 0) is 4.74 Å². The summed E-state index contributed by atoms with van der Waals surface area (Å²) < 4.78 is 9.91. The van der Waals surface area contributed by atoms with Gasteiger partial charge in [-0.2, -0.15) is 0 Å². The van der Waals surface area contributed by atoms with Crippen molar-refractivity contribution in [2.45, 2.75) is 0 Å². The van der Waals surface area contributed by atoms with Crippen molar-refractivity contribution in [3.8, 4) is 11.6 Å². The van der Waals surface area contributed by atoms with E-state index in [2.05, 4.69) is 9.98 Å². The van der Waals surface area contributed by atoms with Gasteiger partial charge in [0.05, 0.1) is 31.0 Å². The monoisotopic (exact) mass is 324 g/mol. The number of hydrogen-bond donors (Lipinski definition) is 2. The standard InChI is InChI=1S/C18H16N2O4/c1-23-13-6-7-16-14(9-13)15(17(21)20-16)10-19-12-5-3-4-11(8-12)18(22)24-2/h3-10,20-21H,1-2H3. The van der Waals surface area contributed by atoms with Gasteiger partial charge in [0, 0.05) is 17.1 Å². The van der Waals surface area contributed by atoms with Crippen molar-refractivity contribution in [1.29, 1.82) is 0 Å². The molecule has 0 atom stereocenters. The van der Waals surface area contributed by atoms with Crippen LogP contribution in [0, 0.1) is 0 Å². The van der Waals surface area contributed by atoms with Gasteiger partial charge < -0.3 is 19.6 Å². The molecule has 2 aromatic carbocycles. The number of nitrogens with one attached hydrogen (secondary N) is 1. The Labute approximate surface area is 138 Å². The molecule has 24 heavy (non-hydrogen) atoms. The van der Waals surface area contributed by atoms with E-state index in [4.69, 9.17) is 9.47 Å². The number of nitrogens with zero attached hydrogens (tertiary/aromatic N) is 1. The first-order chi connectivity index (χ1) is 11.6. The lowest BCUT2D eigenvalue weighted by Gasteiger charge is -2.00. The fraction of sp³-hybridized carbons (Fsp3) is 0.111. The van der Waals surface area contributed by atoms with Gasteiger partial charge in [-0.1, -0.05) is 6.07 Å². The average molecular weight is 324 g/mol. The molecule has 6 nitrogen and oxygen atoms in total. The number of benzene rings is 2. The summed E-state index contributed by atoms with van der Waals surface area (Å²) in [7, 11) is 2.91. The van der Waals surface area contributed by atoms with Crippen LogP contribution >= 0.6 is 0 Å². The molecule has 0 aliphatic carbocycles. The quantitative estimate of drug-likeness (QED) is 0.569. The van der Waals surface area contributed by atoms with E-state index in [1.165, 1.54) is 7.11 Å². The van der Waals surface area contributed by atoms with Crippen molar-refractivity contribution >= 4 is 28.8 Å². The predicted molar refractivity (Wildman–Crippen MR) is 91.6 cm³/mol. The molecule has 0 aliphatic rings. The number of fused-ring (bicyclic) bond motifs is 1. The third-order valence-corrected chi connectivity index (χ3v) is 3.64. The minimum absolute atomic E-state index is 0.0196. The van der Waals surface area contributed by atoms with Gasteiger partial charge in [-0.15, -0.1) is 0 Å². The van der Waals surface area contributed by atoms with Crippen molar-refractivity contribution in [2.75, 3.05) is 14.2 Å². The Hall–Kier alpha value is -3.28. The fourth-order valence-electron chi connectivity index (χ4n) is 2.41. The van der Waals surface area contributed by atoms with Gasteiger partial charge in [-0.05, 0) is 36.4 Å². The number of esters is 1. The summed E-state index contributed by atoms with van der Waals surface area (Å²) in [5.74, 6) is 0.279. The lowest BCUT2D eigenvalue weighted by molar-refractivity contribution is 0.0601. The fourth-order valence-corrected chi connectivity index (χ4v) is 2.41. The van der Waals surface area contributed by atoms with Crippen LogP contribution in [0.1, 0.15) is 15.9 Å². The molecule has 6 heteroatoms. The third-order valence-electron chi connectivity index (χ3n) is 3.64. The zero-order valence-corrected chi connectivity index (χ0v) is 13.2. The Bertz CT molecular complexity index is 928. The molecule has 0 radical (unpaired) electrons. The first-order valence-electron chi connectivity index (χ1n) is 7.23. The number of H-pyrrole nitrogens is 1. The average Bonchev–Trinajstić information content (AvgIpc) is 2.93. The highest BCUT2D eigenvalue weighted by atomic mass is 16.5. The van der Waals surface area contributed by atoms with Crippen LogP contribution in [0.2, 0.25) is 0 Å². The van der Waals surface area contributed by atoms with E-state index in [0.717, 1.165) is 10.9 Å². The molecule has 0 unspecified atom stereocenters. The Balaban J connectivity index is 1.99. The summed E-state index contributed by atoms with van der Waals surface area (Å²) >= 11 is 0. The van der Waals surface area contributed by atoms with Gasteiger partial charge in [0.2, 0.25) is 0 Å². The van der Waals surface area contributed by atoms with Gasteiger partial charge in [-0.3, -0.25) is 4.99 Å². The molecular weight excluding hydrogens is 308 g/mol. The Morgan fingerprint density at radius 2 is 2.04 bits per heavy atom. The van der Waals surface area contributed by atoms with Crippen LogP contribution in [0.3, 0.4) is 0 Å². The van der Waals surface area contributed by atoms with E-state index in [-0.39, 0.29) is 5.88 Å². The van der Waals surface area contributed by atoms with Crippen LogP contribution in [0.15, 0.2) is 47.5 Å². The van der Waals surface area contributed by atoms with E-state index in [1.54, 1.807) is 43.7 Å². The number of rotatable bonds is 4. The second-order valence-electron chi connectivity index (χ2n) is 5.10. The zero-order chi connectivity index (χ0) is 17.1. The smallest absolute Gasteiger partial charge is 0.337 e. The second kappa shape index (κ2) is 6.45. The van der Waals surface area contributed by atoms with Gasteiger partial charge in [0.25, 0.3) is 0 Å². The largest absolute Gasteiger partial charge is 0.497 e. The van der Waals surface area contributed by atoms with Crippen molar-refractivity contribution in [1.82, 2.24) is 4.98 Å². The minimum Gasteiger partial charge on any atom is -0.497 e. The normalized spacial score (nSPS) is 11.1. The van der Waals surface area contributed by atoms with E-state index < -0.39 is 5.97 Å². The van der Waals surface area contributed by atoms with E-state index in [9.17, 15) is 9.90 Å². The number of carbonyl (C=O) groups excluding carboxylic acids is 1. The van der Waals surface area contributed by atoms with Gasteiger partial charge in [0.1, 0.15) is 5.75 Å². The van der Waals surface area contributed by atoms with Crippen molar-refractivity contribution in [3.63, 3.8) is 0 Å². The van der Waals surface area contributed by atoms with E-state index >= 15 is 0 Å². The number of carbonyl (C=O) groups is 1. The topological polar surface area (TPSA) is 83.9 Å².